The molecule has 10 heavy (non-hydrogen) atoms. The maximum atomic E-state index is 12.7. The minimum atomic E-state index is -1.10. The molecule has 4 heteroatoms. The summed E-state index contributed by atoms with van der Waals surface area (Å²) in [4.78, 5) is 0. The molecule has 0 bridgehead atoms. The molecule has 60 valence electrons. The van der Waals surface area contributed by atoms with Crippen molar-refractivity contribution >= 4 is 0 Å². The fourth-order valence-corrected chi connectivity index (χ4v) is 1.01. The minimum Gasteiger partial charge on any atom is -0.394 e. The molecule has 0 radical (unpaired) electrons. The van der Waals surface area contributed by atoms with Crippen LogP contribution in [0.4, 0.5) is 4.39 Å². The van der Waals surface area contributed by atoms with E-state index in [0.717, 1.165) is 0 Å². The average molecular weight is 150 g/mol. The zero-order chi connectivity index (χ0) is 7.56. The molecule has 0 amide bonds. The third-order valence-corrected chi connectivity index (χ3v) is 1.55. The van der Waals surface area contributed by atoms with E-state index in [2.05, 4.69) is 4.74 Å². The van der Waals surface area contributed by atoms with Gasteiger partial charge in [-0.1, -0.05) is 0 Å². The molecule has 3 atom stereocenters. The number of hydrogen-bond donors (Lipinski definition) is 1. The summed E-state index contributed by atoms with van der Waals surface area (Å²) in [5, 5.41) is 8.55. The molecule has 0 spiro atoms. The number of rotatable bonds is 2. The average Bonchev–Trinajstić information content (AvgIpc) is 2.30. The van der Waals surface area contributed by atoms with E-state index in [1.54, 1.807) is 0 Å². The van der Waals surface area contributed by atoms with Gasteiger partial charge in [-0.05, 0) is 0 Å². The standard InChI is InChI=1S/C6H11FO3/c1-9-6-5(7)2-4(3-8)10-6/h4-6,8H,2-3H2,1H3. The van der Waals surface area contributed by atoms with Crippen molar-refractivity contribution in [1.82, 2.24) is 0 Å². The second-order valence-corrected chi connectivity index (χ2v) is 2.30. The summed E-state index contributed by atoms with van der Waals surface area (Å²) in [6.45, 7) is -0.139. The Labute approximate surface area is 58.7 Å². The van der Waals surface area contributed by atoms with E-state index in [9.17, 15) is 4.39 Å². The number of ether oxygens (including phenoxy) is 2. The monoisotopic (exact) mass is 150 g/mol. The van der Waals surface area contributed by atoms with Crippen molar-refractivity contribution in [2.45, 2.75) is 25.0 Å². The van der Waals surface area contributed by atoms with Crippen LogP contribution in [-0.2, 0) is 9.47 Å². The summed E-state index contributed by atoms with van der Waals surface area (Å²) in [6.07, 6.45) is -2.03. The van der Waals surface area contributed by atoms with Gasteiger partial charge in [0.2, 0.25) is 0 Å². The lowest BCUT2D eigenvalue weighted by molar-refractivity contribution is -0.141. The van der Waals surface area contributed by atoms with Crippen LogP contribution in [0.15, 0.2) is 0 Å². The van der Waals surface area contributed by atoms with Crippen LogP contribution >= 0.6 is 0 Å². The van der Waals surface area contributed by atoms with Gasteiger partial charge in [-0.25, -0.2) is 4.39 Å². The van der Waals surface area contributed by atoms with Gasteiger partial charge in [0.25, 0.3) is 0 Å². The van der Waals surface area contributed by atoms with E-state index in [1.165, 1.54) is 7.11 Å². The molecule has 1 aliphatic heterocycles. The topological polar surface area (TPSA) is 38.7 Å². The molecule has 1 fully saturated rings. The largest absolute Gasteiger partial charge is 0.394 e. The smallest absolute Gasteiger partial charge is 0.188 e. The molecule has 0 aliphatic carbocycles. The lowest BCUT2D eigenvalue weighted by atomic mass is 10.2. The minimum absolute atomic E-state index is 0.139. The van der Waals surface area contributed by atoms with Gasteiger partial charge in [-0.2, -0.15) is 0 Å². The summed E-state index contributed by atoms with van der Waals surface area (Å²) in [5.41, 5.74) is 0. The molecule has 0 aromatic carbocycles. The number of methoxy groups -OCH3 is 1. The van der Waals surface area contributed by atoms with Crippen molar-refractivity contribution in [1.29, 1.82) is 0 Å². The number of aliphatic hydroxyl groups is 1. The maximum absolute atomic E-state index is 12.7. The molecule has 1 aliphatic rings. The SMILES string of the molecule is COC1OC(CO)CC1F. The van der Waals surface area contributed by atoms with E-state index in [1.807, 2.05) is 0 Å². The summed E-state index contributed by atoms with van der Waals surface area (Å²) >= 11 is 0. The zero-order valence-electron chi connectivity index (χ0n) is 5.79. The van der Waals surface area contributed by atoms with Gasteiger partial charge in [0.05, 0.1) is 12.7 Å². The van der Waals surface area contributed by atoms with Crippen LogP contribution in [0.1, 0.15) is 6.42 Å². The fraction of sp³-hybridized carbons (Fsp3) is 1.00. The maximum Gasteiger partial charge on any atom is 0.188 e. The highest BCUT2D eigenvalue weighted by Crippen LogP contribution is 2.22. The predicted octanol–water partition coefficient (Wildman–Crippen LogP) is 0.0782. The van der Waals surface area contributed by atoms with Crippen molar-refractivity contribution in [2.24, 2.45) is 0 Å². The highest BCUT2D eigenvalue weighted by atomic mass is 19.1. The Morgan fingerprint density at radius 1 is 1.80 bits per heavy atom. The first-order chi connectivity index (χ1) is 4.77. The van der Waals surface area contributed by atoms with Gasteiger partial charge < -0.3 is 14.6 Å². The molecule has 1 N–H and O–H groups in total. The van der Waals surface area contributed by atoms with E-state index in [-0.39, 0.29) is 19.1 Å². The Morgan fingerprint density at radius 2 is 2.50 bits per heavy atom. The van der Waals surface area contributed by atoms with Crippen LogP contribution in [-0.4, -0.2) is 37.4 Å². The van der Waals surface area contributed by atoms with Crippen LogP contribution in [0, 0.1) is 0 Å². The van der Waals surface area contributed by atoms with Crippen LogP contribution in [0.5, 0.6) is 0 Å². The van der Waals surface area contributed by atoms with E-state index in [0.29, 0.717) is 0 Å². The van der Waals surface area contributed by atoms with Gasteiger partial charge >= 0.3 is 0 Å². The van der Waals surface area contributed by atoms with Gasteiger partial charge in [0.15, 0.2) is 12.5 Å². The number of aliphatic hydroxyl groups excluding tert-OH is 1. The predicted molar refractivity (Wildman–Crippen MR) is 32.3 cm³/mol. The van der Waals surface area contributed by atoms with E-state index in [4.69, 9.17) is 9.84 Å². The van der Waals surface area contributed by atoms with E-state index < -0.39 is 12.5 Å². The molecule has 1 rings (SSSR count). The molecule has 0 saturated carbocycles. The quantitative estimate of drug-likeness (QED) is 0.605. The summed E-state index contributed by atoms with van der Waals surface area (Å²) < 4.78 is 22.2. The first-order valence-corrected chi connectivity index (χ1v) is 3.21. The molecule has 1 heterocycles. The second kappa shape index (κ2) is 3.27. The number of alkyl halides is 1. The Hall–Kier alpha value is -0.190. The summed E-state index contributed by atoms with van der Waals surface area (Å²) in [5.74, 6) is 0. The van der Waals surface area contributed by atoms with Crippen LogP contribution < -0.4 is 0 Å². The molecule has 0 aromatic rings. The van der Waals surface area contributed by atoms with Gasteiger partial charge in [0, 0.05) is 13.5 Å². The normalized spacial score (nSPS) is 40.5. The van der Waals surface area contributed by atoms with Crippen LogP contribution in [0.25, 0.3) is 0 Å². The lowest BCUT2D eigenvalue weighted by Crippen LogP contribution is -2.19. The van der Waals surface area contributed by atoms with Crippen molar-refractivity contribution in [2.75, 3.05) is 13.7 Å². The summed E-state index contributed by atoms with van der Waals surface area (Å²) in [6, 6.07) is 0. The highest BCUT2D eigenvalue weighted by molar-refractivity contribution is 4.75. The second-order valence-electron chi connectivity index (χ2n) is 2.30. The van der Waals surface area contributed by atoms with Crippen LogP contribution in [0.3, 0.4) is 0 Å². The van der Waals surface area contributed by atoms with Crippen molar-refractivity contribution in [3.8, 4) is 0 Å². The summed E-state index contributed by atoms with van der Waals surface area (Å²) in [7, 11) is 1.39. The van der Waals surface area contributed by atoms with Gasteiger partial charge in [-0.15, -0.1) is 0 Å². The molecular formula is C6H11FO3. The first-order valence-electron chi connectivity index (χ1n) is 3.21. The molecule has 3 nitrogen and oxygen atoms in total. The lowest BCUT2D eigenvalue weighted by Gasteiger charge is -2.09. The fourth-order valence-electron chi connectivity index (χ4n) is 1.01. The van der Waals surface area contributed by atoms with Crippen molar-refractivity contribution in [3.63, 3.8) is 0 Å². The first kappa shape index (κ1) is 7.91. The van der Waals surface area contributed by atoms with Gasteiger partial charge in [0.1, 0.15) is 0 Å². The third kappa shape index (κ3) is 1.45. The van der Waals surface area contributed by atoms with Gasteiger partial charge in [-0.3, -0.25) is 0 Å². The Morgan fingerprint density at radius 3 is 2.80 bits per heavy atom. The third-order valence-electron chi connectivity index (χ3n) is 1.55. The number of halogens is 1. The van der Waals surface area contributed by atoms with Crippen molar-refractivity contribution in [3.05, 3.63) is 0 Å². The van der Waals surface area contributed by atoms with E-state index >= 15 is 0 Å². The van der Waals surface area contributed by atoms with Crippen molar-refractivity contribution < 1.29 is 19.0 Å². The number of hydrogen-bond acceptors (Lipinski definition) is 3. The highest BCUT2D eigenvalue weighted by Gasteiger charge is 2.34. The molecular weight excluding hydrogens is 139 g/mol. The molecule has 1 saturated heterocycles. The Bertz CT molecular complexity index is 109. The van der Waals surface area contributed by atoms with Crippen LogP contribution in [0.2, 0.25) is 0 Å². The zero-order valence-corrected chi connectivity index (χ0v) is 5.79. The Balaban J connectivity index is 2.36. The Kier molecular flexibility index (Phi) is 2.59. The molecule has 0 aromatic heterocycles. The molecule has 3 unspecified atom stereocenters.